The van der Waals surface area contributed by atoms with Crippen molar-refractivity contribution in [2.45, 2.75) is 53.9 Å². The van der Waals surface area contributed by atoms with Crippen molar-refractivity contribution in [3.8, 4) is 0 Å². The third-order valence-electron chi connectivity index (χ3n) is 5.43. The molecule has 0 unspecified atom stereocenters. The van der Waals surface area contributed by atoms with Gasteiger partial charge >= 0.3 is 0 Å². The van der Waals surface area contributed by atoms with E-state index >= 15 is 0 Å². The first-order valence-corrected chi connectivity index (χ1v) is 8.18. The quantitative estimate of drug-likeness (QED) is 0.769. The number of likely N-dealkylation sites (tertiary alicyclic amines) is 1. The summed E-state index contributed by atoms with van der Waals surface area (Å²) in [7, 11) is 0. The summed E-state index contributed by atoms with van der Waals surface area (Å²) in [6.45, 7) is 13.6. The Labute approximate surface area is 129 Å². The van der Waals surface area contributed by atoms with Gasteiger partial charge in [0.1, 0.15) is 0 Å². The van der Waals surface area contributed by atoms with Gasteiger partial charge in [0.2, 0.25) is 0 Å². The fourth-order valence-electron chi connectivity index (χ4n) is 3.15. The number of Topliss-reactive ketones (excluding diaryl/α,β-unsaturated/α-hetero) is 1. The standard InChI is InChI=1S/C19H29NO/c1-6-19(5)7-9-20(10-8-19)13-18(21)17-12-15(3)14(2)11-16(17)4/h11-12H,6-10,13H2,1-5H3. The van der Waals surface area contributed by atoms with Gasteiger partial charge in [0.05, 0.1) is 6.54 Å². The van der Waals surface area contributed by atoms with E-state index < -0.39 is 0 Å². The highest BCUT2D eigenvalue weighted by Crippen LogP contribution is 2.33. The molecule has 1 saturated heterocycles. The molecule has 0 saturated carbocycles. The van der Waals surface area contributed by atoms with Crippen LogP contribution in [-0.4, -0.2) is 30.3 Å². The lowest BCUT2D eigenvalue weighted by Crippen LogP contribution is -2.41. The maximum absolute atomic E-state index is 12.6. The second kappa shape index (κ2) is 6.31. The molecule has 1 aromatic rings. The molecule has 2 rings (SSSR count). The number of piperidine rings is 1. The molecular weight excluding hydrogens is 258 g/mol. The molecule has 0 atom stereocenters. The van der Waals surface area contributed by atoms with Gasteiger partial charge in [0.25, 0.3) is 0 Å². The van der Waals surface area contributed by atoms with Gasteiger partial charge in [0, 0.05) is 5.56 Å². The fraction of sp³-hybridized carbons (Fsp3) is 0.632. The SMILES string of the molecule is CCC1(C)CCN(CC(=O)c2cc(C)c(C)cc2C)CC1. The topological polar surface area (TPSA) is 20.3 Å². The van der Waals surface area contributed by atoms with E-state index in [1.54, 1.807) is 0 Å². The van der Waals surface area contributed by atoms with Crippen LogP contribution in [0.4, 0.5) is 0 Å². The third-order valence-corrected chi connectivity index (χ3v) is 5.43. The highest BCUT2D eigenvalue weighted by Gasteiger charge is 2.29. The lowest BCUT2D eigenvalue weighted by molar-refractivity contribution is 0.0812. The van der Waals surface area contributed by atoms with Gasteiger partial charge in [-0.2, -0.15) is 0 Å². The van der Waals surface area contributed by atoms with Gasteiger partial charge in [-0.3, -0.25) is 9.69 Å². The molecule has 0 N–H and O–H groups in total. The normalized spacial score (nSPS) is 18.7. The molecule has 2 heteroatoms. The van der Waals surface area contributed by atoms with Crippen LogP contribution in [-0.2, 0) is 0 Å². The van der Waals surface area contributed by atoms with Crippen LogP contribution in [0, 0.1) is 26.2 Å². The van der Waals surface area contributed by atoms with Crippen LogP contribution in [0.25, 0.3) is 0 Å². The maximum Gasteiger partial charge on any atom is 0.177 e. The number of nitrogens with zero attached hydrogens (tertiary/aromatic N) is 1. The molecule has 1 aliphatic heterocycles. The summed E-state index contributed by atoms with van der Waals surface area (Å²) in [5, 5.41) is 0. The number of aryl methyl sites for hydroxylation is 3. The number of ketones is 1. The Balaban J connectivity index is 2.01. The van der Waals surface area contributed by atoms with Crippen LogP contribution in [0.2, 0.25) is 0 Å². The van der Waals surface area contributed by atoms with Crippen molar-refractivity contribution >= 4 is 5.78 Å². The molecule has 0 spiro atoms. The molecule has 1 aromatic carbocycles. The minimum atomic E-state index is 0.274. The molecule has 0 bridgehead atoms. The molecule has 0 aliphatic carbocycles. The Kier molecular flexibility index (Phi) is 4.88. The van der Waals surface area contributed by atoms with E-state index in [1.807, 2.05) is 6.92 Å². The monoisotopic (exact) mass is 287 g/mol. The lowest BCUT2D eigenvalue weighted by atomic mass is 9.78. The number of hydrogen-bond acceptors (Lipinski definition) is 2. The number of hydrogen-bond donors (Lipinski definition) is 0. The van der Waals surface area contributed by atoms with Gasteiger partial charge in [-0.05, 0) is 74.9 Å². The van der Waals surface area contributed by atoms with Crippen molar-refractivity contribution < 1.29 is 4.79 Å². The van der Waals surface area contributed by atoms with Crippen LogP contribution >= 0.6 is 0 Å². The van der Waals surface area contributed by atoms with Crippen molar-refractivity contribution in [2.24, 2.45) is 5.41 Å². The second-order valence-corrected chi connectivity index (χ2v) is 7.11. The van der Waals surface area contributed by atoms with Crippen LogP contribution in [0.3, 0.4) is 0 Å². The molecule has 2 nitrogen and oxygen atoms in total. The third kappa shape index (κ3) is 3.74. The van der Waals surface area contributed by atoms with E-state index in [9.17, 15) is 4.79 Å². The molecule has 1 heterocycles. The second-order valence-electron chi connectivity index (χ2n) is 7.11. The summed E-state index contributed by atoms with van der Waals surface area (Å²) < 4.78 is 0. The first-order chi connectivity index (χ1) is 9.84. The lowest BCUT2D eigenvalue weighted by Gasteiger charge is -2.38. The highest BCUT2D eigenvalue weighted by atomic mass is 16.1. The van der Waals surface area contributed by atoms with Gasteiger partial charge in [-0.1, -0.05) is 26.3 Å². The van der Waals surface area contributed by atoms with E-state index in [2.05, 4.69) is 44.7 Å². The zero-order valence-corrected chi connectivity index (χ0v) is 14.3. The molecule has 21 heavy (non-hydrogen) atoms. The van der Waals surface area contributed by atoms with Crippen molar-refractivity contribution in [3.05, 3.63) is 34.4 Å². The predicted molar refractivity (Wildman–Crippen MR) is 89.1 cm³/mol. The van der Waals surface area contributed by atoms with Gasteiger partial charge < -0.3 is 0 Å². The van der Waals surface area contributed by atoms with E-state index in [4.69, 9.17) is 0 Å². The van der Waals surface area contributed by atoms with Gasteiger partial charge in [-0.15, -0.1) is 0 Å². The smallest absolute Gasteiger partial charge is 0.177 e. The summed E-state index contributed by atoms with van der Waals surface area (Å²) in [5.41, 5.74) is 4.97. The average molecular weight is 287 g/mol. The summed E-state index contributed by atoms with van der Waals surface area (Å²) >= 11 is 0. The Morgan fingerprint density at radius 1 is 1.10 bits per heavy atom. The minimum Gasteiger partial charge on any atom is -0.296 e. The fourth-order valence-corrected chi connectivity index (χ4v) is 3.15. The molecule has 0 aromatic heterocycles. The molecular formula is C19H29NO. The molecule has 0 amide bonds. The Morgan fingerprint density at radius 2 is 1.67 bits per heavy atom. The molecule has 1 fully saturated rings. The summed E-state index contributed by atoms with van der Waals surface area (Å²) in [4.78, 5) is 14.9. The van der Waals surface area contributed by atoms with E-state index in [0.717, 1.165) is 24.2 Å². The minimum absolute atomic E-state index is 0.274. The largest absolute Gasteiger partial charge is 0.296 e. The van der Waals surface area contributed by atoms with Crippen molar-refractivity contribution in [2.75, 3.05) is 19.6 Å². The average Bonchev–Trinajstić information content (AvgIpc) is 2.45. The number of benzene rings is 1. The Morgan fingerprint density at radius 3 is 2.24 bits per heavy atom. The molecule has 1 aliphatic rings. The highest BCUT2D eigenvalue weighted by molar-refractivity contribution is 5.99. The molecule has 0 radical (unpaired) electrons. The summed E-state index contributed by atoms with van der Waals surface area (Å²) in [5.74, 6) is 0.274. The Hall–Kier alpha value is -1.15. The Bertz CT molecular complexity index is 525. The van der Waals surface area contributed by atoms with Crippen LogP contribution in [0.1, 0.15) is 60.2 Å². The van der Waals surface area contributed by atoms with Gasteiger partial charge in [0.15, 0.2) is 5.78 Å². The van der Waals surface area contributed by atoms with Crippen molar-refractivity contribution in [1.82, 2.24) is 4.90 Å². The zero-order chi connectivity index (χ0) is 15.6. The van der Waals surface area contributed by atoms with E-state index in [1.165, 1.54) is 30.4 Å². The zero-order valence-electron chi connectivity index (χ0n) is 14.3. The maximum atomic E-state index is 12.6. The number of carbonyl (C=O) groups is 1. The molecule has 116 valence electrons. The predicted octanol–water partition coefficient (Wildman–Crippen LogP) is 4.31. The van der Waals surface area contributed by atoms with E-state index in [0.29, 0.717) is 12.0 Å². The first kappa shape index (κ1) is 16.2. The summed E-state index contributed by atoms with van der Waals surface area (Å²) in [6.07, 6.45) is 3.66. The van der Waals surface area contributed by atoms with Crippen molar-refractivity contribution in [1.29, 1.82) is 0 Å². The first-order valence-electron chi connectivity index (χ1n) is 8.18. The van der Waals surface area contributed by atoms with Crippen LogP contribution < -0.4 is 0 Å². The number of carbonyl (C=O) groups excluding carboxylic acids is 1. The number of rotatable bonds is 4. The summed E-state index contributed by atoms with van der Waals surface area (Å²) in [6, 6.07) is 4.19. The van der Waals surface area contributed by atoms with Crippen LogP contribution in [0.5, 0.6) is 0 Å². The van der Waals surface area contributed by atoms with Crippen molar-refractivity contribution in [3.63, 3.8) is 0 Å². The van der Waals surface area contributed by atoms with Crippen LogP contribution in [0.15, 0.2) is 12.1 Å². The van der Waals surface area contributed by atoms with E-state index in [-0.39, 0.29) is 5.78 Å². The van der Waals surface area contributed by atoms with Gasteiger partial charge in [-0.25, -0.2) is 0 Å².